The van der Waals surface area contributed by atoms with Crippen LogP contribution < -0.4 is 0 Å². The summed E-state index contributed by atoms with van der Waals surface area (Å²) in [6.07, 6.45) is 2.87. The van der Waals surface area contributed by atoms with Gasteiger partial charge in [-0.05, 0) is 18.8 Å². The molecular weight excluding hydrogens is 114 g/mol. The quantitative estimate of drug-likeness (QED) is 0.557. The summed E-state index contributed by atoms with van der Waals surface area (Å²) in [5.41, 5.74) is 0. The molecule has 1 heterocycles. The highest BCUT2D eigenvalue weighted by Crippen LogP contribution is 2.16. The lowest BCUT2D eigenvalue weighted by molar-refractivity contribution is 0.184. The van der Waals surface area contributed by atoms with E-state index in [1.54, 1.807) is 0 Å². The Morgan fingerprint density at radius 2 is 2.56 bits per heavy atom. The third kappa shape index (κ3) is 2.03. The third-order valence-corrected chi connectivity index (χ3v) is 1.69. The summed E-state index contributed by atoms with van der Waals surface area (Å²) in [6, 6.07) is 2.14. The first-order chi connectivity index (χ1) is 4.43. The van der Waals surface area contributed by atoms with Gasteiger partial charge in [-0.25, -0.2) is 0 Å². The lowest BCUT2D eigenvalue weighted by Gasteiger charge is -2.00. The molecule has 1 aliphatic rings. The van der Waals surface area contributed by atoms with Crippen molar-refractivity contribution in [3.05, 3.63) is 0 Å². The number of hydrogen-bond acceptors (Lipinski definition) is 2. The highest BCUT2D eigenvalue weighted by Gasteiger charge is 2.14. The maximum Gasteiger partial charge on any atom is 0.0621 e. The van der Waals surface area contributed by atoms with Crippen LogP contribution in [-0.4, -0.2) is 13.2 Å². The van der Waals surface area contributed by atoms with Crippen molar-refractivity contribution in [1.82, 2.24) is 0 Å². The lowest BCUT2D eigenvalue weighted by atomic mass is 10.0. The van der Waals surface area contributed by atoms with Gasteiger partial charge in [-0.15, -0.1) is 0 Å². The van der Waals surface area contributed by atoms with E-state index in [0.717, 1.165) is 26.1 Å². The van der Waals surface area contributed by atoms with Gasteiger partial charge in [0.05, 0.1) is 6.07 Å². The van der Waals surface area contributed by atoms with Crippen LogP contribution in [0.15, 0.2) is 0 Å². The second-order valence-corrected chi connectivity index (χ2v) is 2.43. The van der Waals surface area contributed by atoms with Gasteiger partial charge in [0.15, 0.2) is 0 Å². The zero-order valence-corrected chi connectivity index (χ0v) is 5.47. The molecule has 0 bridgehead atoms. The highest BCUT2D eigenvalue weighted by molar-refractivity contribution is 4.73. The molecule has 1 aliphatic heterocycles. The molecule has 0 aliphatic carbocycles. The van der Waals surface area contributed by atoms with Crippen molar-refractivity contribution in [1.29, 1.82) is 5.26 Å². The van der Waals surface area contributed by atoms with Crippen molar-refractivity contribution in [2.24, 2.45) is 5.92 Å². The Balaban J connectivity index is 2.06. The van der Waals surface area contributed by atoms with E-state index in [9.17, 15) is 0 Å². The van der Waals surface area contributed by atoms with Gasteiger partial charge in [0.1, 0.15) is 0 Å². The van der Waals surface area contributed by atoms with Crippen molar-refractivity contribution in [3.8, 4) is 6.07 Å². The first-order valence-corrected chi connectivity index (χ1v) is 3.38. The van der Waals surface area contributed by atoms with Gasteiger partial charge in [0, 0.05) is 19.6 Å². The van der Waals surface area contributed by atoms with Crippen LogP contribution in [0.2, 0.25) is 0 Å². The molecular formula is C7H11NO. The van der Waals surface area contributed by atoms with Crippen molar-refractivity contribution >= 4 is 0 Å². The molecule has 0 unspecified atom stereocenters. The third-order valence-electron chi connectivity index (χ3n) is 1.69. The summed E-state index contributed by atoms with van der Waals surface area (Å²) in [5.74, 6) is 0.671. The first-order valence-electron chi connectivity index (χ1n) is 3.38. The second kappa shape index (κ2) is 3.47. The monoisotopic (exact) mass is 125 g/mol. The molecule has 50 valence electrons. The van der Waals surface area contributed by atoms with Gasteiger partial charge < -0.3 is 4.74 Å². The van der Waals surface area contributed by atoms with E-state index in [1.807, 2.05) is 0 Å². The SMILES string of the molecule is N#CCC[C@H]1CCOC1. The minimum atomic E-state index is 0.671. The summed E-state index contributed by atoms with van der Waals surface area (Å²) < 4.78 is 5.14. The van der Waals surface area contributed by atoms with Gasteiger partial charge in [0.25, 0.3) is 0 Å². The molecule has 0 aromatic carbocycles. The van der Waals surface area contributed by atoms with Crippen LogP contribution >= 0.6 is 0 Å². The molecule has 2 nitrogen and oxygen atoms in total. The van der Waals surface area contributed by atoms with Crippen molar-refractivity contribution < 1.29 is 4.74 Å². The number of nitriles is 1. The van der Waals surface area contributed by atoms with Gasteiger partial charge in [-0.1, -0.05) is 0 Å². The predicted molar refractivity (Wildman–Crippen MR) is 33.8 cm³/mol. The number of hydrogen-bond donors (Lipinski definition) is 0. The van der Waals surface area contributed by atoms with Crippen LogP contribution in [0, 0.1) is 17.2 Å². The minimum absolute atomic E-state index is 0.671. The van der Waals surface area contributed by atoms with E-state index < -0.39 is 0 Å². The van der Waals surface area contributed by atoms with Crippen LogP contribution in [0.25, 0.3) is 0 Å². The minimum Gasteiger partial charge on any atom is -0.381 e. The van der Waals surface area contributed by atoms with E-state index >= 15 is 0 Å². The lowest BCUT2D eigenvalue weighted by Crippen LogP contribution is -1.97. The van der Waals surface area contributed by atoms with Gasteiger partial charge >= 0.3 is 0 Å². The molecule has 1 atom stereocenters. The standard InChI is InChI=1S/C7H11NO/c8-4-1-2-7-3-5-9-6-7/h7H,1-3,5-6H2/t7-/m0/s1. The fourth-order valence-electron chi connectivity index (χ4n) is 1.08. The van der Waals surface area contributed by atoms with Gasteiger partial charge in [-0.2, -0.15) is 5.26 Å². The van der Waals surface area contributed by atoms with E-state index in [-0.39, 0.29) is 0 Å². The molecule has 0 aromatic heterocycles. The Hall–Kier alpha value is -0.550. The molecule has 0 saturated carbocycles. The van der Waals surface area contributed by atoms with E-state index in [4.69, 9.17) is 10.00 Å². The smallest absolute Gasteiger partial charge is 0.0621 e. The Kier molecular flexibility index (Phi) is 2.53. The topological polar surface area (TPSA) is 33.0 Å². The Bertz CT molecular complexity index is 111. The normalized spacial score (nSPS) is 25.9. The Morgan fingerprint density at radius 1 is 1.67 bits per heavy atom. The molecule has 1 fully saturated rings. The van der Waals surface area contributed by atoms with Crippen LogP contribution in [0.1, 0.15) is 19.3 Å². The fraction of sp³-hybridized carbons (Fsp3) is 0.857. The number of nitrogens with zero attached hydrogens (tertiary/aromatic N) is 1. The van der Waals surface area contributed by atoms with Crippen molar-refractivity contribution in [3.63, 3.8) is 0 Å². The summed E-state index contributed by atoms with van der Waals surface area (Å²) >= 11 is 0. The molecule has 0 aromatic rings. The van der Waals surface area contributed by atoms with Crippen LogP contribution in [0.3, 0.4) is 0 Å². The van der Waals surface area contributed by atoms with Crippen LogP contribution in [-0.2, 0) is 4.74 Å². The van der Waals surface area contributed by atoms with E-state index in [0.29, 0.717) is 12.3 Å². The maximum absolute atomic E-state index is 8.24. The maximum atomic E-state index is 8.24. The summed E-state index contributed by atoms with van der Waals surface area (Å²) in [7, 11) is 0. The van der Waals surface area contributed by atoms with Gasteiger partial charge in [-0.3, -0.25) is 0 Å². The zero-order chi connectivity index (χ0) is 6.53. The Morgan fingerprint density at radius 3 is 3.11 bits per heavy atom. The molecule has 0 spiro atoms. The van der Waals surface area contributed by atoms with E-state index in [2.05, 4.69) is 6.07 Å². The second-order valence-electron chi connectivity index (χ2n) is 2.43. The summed E-state index contributed by atoms with van der Waals surface area (Å²) in [4.78, 5) is 0. The average Bonchev–Trinajstić information content (AvgIpc) is 2.34. The molecule has 2 heteroatoms. The predicted octanol–water partition coefficient (Wildman–Crippen LogP) is 1.33. The van der Waals surface area contributed by atoms with E-state index in [1.165, 1.54) is 0 Å². The zero-order valence-electron chi connectivity index (χ0n) is 5.47. The van der Waals surface area contributed by atoms with Gasteiger partial charge in [0.2, 0.25) is 0 Å². The molecule has 9 heavy (non-hydrogen) atoms. The first kappa shape index (κ1) is 6.57. The van der Waals surface area contributed by atoms with Crippen molar-refractivity contribution in [2.75, 3.05) is 13.2 Å². The average molecular weight is 125 g/mol. The molecule has 1 saturated heterocycles. The van der Waals surface area contributed by atoms with Crippen molar-refractivity contribution in [2.45, 2.75) is 19.3 Å². The highest BCUT2D eigenvalue weighted by atomic mass is 16.5. The Labute approximate surface area is 55.4 Å². The fourth-order valence-corrected chi connectivity index (χ4v) is 1.08. The largest absolute Gasteiger partial charge is 0.381 e. The van der Waals surface area contributed by atoms with Crippen LogP contribution in [0.5, 0.6) is 0 Å². The van der Waals surface area contributed by atoms with Crippen LogP contribution in [0.4, 0.5) is 0 Å². The molecule has 1 rings (SSSR count). The number of ether oxygens (including phenoxy) is 1. The molecule has 0 radical (unpaired) electrons. The number of rotatable bonds is 2. The molecule has 0 amide bonds. The summed E-state index contributed by atoms with van der Waals surface area (Å²) in [6.45, 7) is 1.78. The summed E-state index contributed by atoms with van der Waals surface area (Å²) in [5, 5.41) is 8.24. The molecule has 0 N–H and O–H groups in total.